The Balaban J connectivity index is 2.82. The second kappa shape index (κ2) is 4.54. The quantitative estimate of drug-likeness (QED) is 0.704. The van der Waals surface area contributed by atoms with E-state index in [9.17, 15) is 0 Å². The minimum atomic E-state index is 0.609. The zero-order valence-electron chi connectivity index (χ0n) is 6.97. The number of benzene rings is 1. The summed E-state index contributed by atoms with van der Waals surface area (Å²) < 4.78 is 0.967. The van der Waals surface area contributed by atoms with Crippen molar-refractivity contribution in [3.63, 3.8) is 0 Å². The molecule has 0 saturated heterocycles. The molecular weight excluding hydrogens is 256 g/mol. The van der Waals surface area contributed by atoms with Crippen molar-refractivity contribution in [3.8, 4) is 0 Å². The van der Waals surface area contributed by atoms with Crippen molar-refractivity contribution < 1.29 is 0 Å². The van der Waals surface area contributed by atoms with Crippen LogP contribution in [0.1, 0.15) is 13.8 Å². The van der Waals surface area contributed by atoms with E-state index in [2.05, 4.69) is 29.8 Å². The maximum atomic E-state index is 5.86. The Morgan fingerprint density at radius 2 is 2.08 bits per heavy atom. The molecule has 0 amide bonds. The van der Waals surface area contributed by atoms with Crippen LogP contribution in [0, 0.1) is 0 Å². The van der Waals surface area contributed by atoms with Crippen LogP contribution < -0.4 is 0 Å². The minimum Gasteiger partial charge on any atom is -0.123 e. The van der Waals surface area contributed by atoms with Crippen LogP contribution in [-0.2, 0) is 0 Å². The van der Waals surface area contributed by atoms with Gasteiger partial charge in [-0.1, -0.05) is 25.4 Å². The Hall–Kier alpha value is 0.340. The molecule has 0 nitrogen and oxygen atoms in total. The highest BCUT2D eigenvalue weighted by atomic mass is 79.9. The van der Waals surface area contributed by atoms with Gasteiger partial charge in [-0.2, -0.15) is 0 Å². The average molecular weight is 266 g/mol. The summed E-state index contributed by atoms with van der Waals surface area (Å²) in [5.74, 6) is 0. The first-order valence-corrected chi connectivity index (χ1v) is 5.76. The number of thioether (sulfide) groups is 1. The lowest BCUT2D eigenvalue weighted by Crippen LogP contribution is -1.85. The van der Waals surface area contributed by atoms with Gasteiger partial charge in [-0.15, -0.1) is 11.8 Å². The van der Waals surface area contributed by atoms with Gasteiger partial charge in [0.2, 0.25) is 0 Å². The molecule has 0 saturated carbocycles. The Kier molecular flexibility index (Phi) is 3.94. The molecule has 1 aromatic rings. The van der Waals surface area contributed by atoms with Crippen molar-refractivity contribution >= 4 is 39.3 Å². The molecule has 66 valence electrons. The van der Waals surface area contributed by atoms with E-state index >= 15 is 0 Å². The fourth-order valence-corrected chi connectivity index (χ4v) is 2.35. The Bertz CT molecular complexity index is 273. The molecule has 0 spiro atoms. The largest absolute Gasteiger partial charge is 0.123 e. The van der Waals surface area contributed by atoms with Crippen LogP contribution in [0.25, 0.3) is 0 Å². The van der Waals surface area contributed by atoms with Crippen molar-refractivity contribution in [2.45, 2.75) is 24.0 Å². The van der Waals surface area contributed by atoms with Crippen LogP contribution in [-0.4, -0.2) is 5.25 Å². The standard InChI is InChI=1S/C9H10BrClS/c1-6(2)12-7-3-4-9(11)8(10)5-7/h3-6H,1-2H3. The number of halogens is 2. The van der Waals surface area contributed by atoms with Gasteiger partial charge in [0.05, 0.1) is 5.02 Å². The van der Waals surface area contributed by atoms with Crippen LogP contribution in [0.3, 0.4) is 0 Å². The third kappa shape index (κ3) is 3.00. The average Bonchev–Trinajstić information content (AvgIpc) is 1.96. The summed E-state index contributed by atoms with van der Waals surface area (Å²) in [7, 11) is 0. The van der Waals surface area contributed by atoms with Crippen LogP contribution >= 0.6 is 39.3 Å². The maximum Gasteiger partial charge on any atom is 0.0548 e. The molecule has 0 aliphatic carbocycles. The number of hydrogen-bond acceptors (Lipinski definition) is 1. The minimum absolute atomic E-state index is 0.609. The Labute approximate surface area is 90.8 Å². The molecule has 0 aliphatic rings. The van der Waals surface area contributed by atoms with Gasteiger partial charge in [-0.05, 0) is 34.1 Å². The molecule has 0 N–H and O–H groups in total. The molecule has 0 bridgehead atoms. The SMILES string of the molecule is CC(C)Sc1ccc(Cl)c(Br)c1. The third-order valence-corrected chi connectivity index (χ3v) is 3.47. The predicted molar refractivity (Wildman–Crippen MR) is 60.1 cm³/mol. The molecule has 0 fully saturated rings. The van der Waals surface area contributed by atoms with Crippen molar-refractivity contribution in [1.82, 2.24) is 0 Å². The van der Waals surface area contributed by atoms with Gasteiger partial charge >= 0.3 is 0 Å². The molecule has 0 atom stereocenters. The smallest absolute Gasteiger partial charge is 0.0548 e. The summed E-state index contributed by atoms with van der Waals surface area (Å²) in [6, 6.07) is 6.00. The van der Waals surface area contributed by atoms with E-state index in [1.165, 1.54) is 4.90 Å². The topological polar surface area (TPSA) is 0 Å². The van der Waals surface area contributed by atoms with Crippen molar-refractivity contribution in [1.29, 1.82) is 0 Å². The Morgan fingerprint density at radius 1 is 1.42 bits per heavy atom. The summed E-state index contributed by atoms with van der Waals surface area (Å²) in [5, 5.41) is 1.38. The van der Waals surface area contributed by atoms with E-state index in [4.69, 9.17) is 11.6 Å². The van der Waals surface area contributed by atoms with E-state index in [0.29, 0.717) is 5.25 Å². The molecule has 0 unspecified atom stereocenters. The van der Waals surface area contributed by atoms with Crippen molar-refractivity contribution in [3.05, 3.63) is 27.7 Å². The predicted octanol–water partition coefficient (Wildman–Crippen LogP) is 4.60. The summed E-state index contributed by atoms with van der Waals surface area (Å²) in [5.41, 5.74) is 0. The molecule has 0 aromatic heterocycles. The van der Waals surface area contributed by atoms with E-state index in [1.807, 2.05) is 30.0 Å². The lowest BCUT2D eigenvalue weighted by Gasteiger charge is -2.05. The normalized spacial score (nSPS) is 10.8. The van der Waals surface area contributed by atoms with Gasteiger partial charge < -0.3 is 0 Å². The summed E-state index contributed by atoms with van der Waals surface area (Å²) in [6.45, 7) is 4.35. The molecule has 3 heteroatoms. The lowest BCUT2D eigenvalue weighted by molar-refractivity contribution is 1.11. The molecule has 0 heterocycles. The molecule has 0 radical (unpaired) electrons. The van der Waals surface area contributed by atoms with Crippen molar-refractivity contribution in [2.24, 2.45) is 0 Å². The molecule has 1 aromatic carbocycles. The summed E-state index contributed by atoms with van der Waals surface area (Å²) in [4.78, 5) is 1.25. The Morgan fingerprint density at radius 3 is 2.58 bits per heavy atom. The van der Waals surface area contributed by atoms with Crippen LogP contribution in [0.2, 0.25) is 5.02 Å². The molecular formula is C9H10BrClS. The van der Waals surface area contributed by atoms with E-state index in [-0.39, 0.29) is 0 Å². The highest BCUT2D eigenvalue weighted by Gasteiger charge is 2.01. The van der Waals surface area contributed by atoms with E-state index < -0.39 is 0 Å². The lowest BCUT2D eigenvalue weighted by atomic mass is 10.4. The fourth-order valence-electron chi connectivity index (χ4n) is 0.822. The van der Waals surface area contributed by atoms with Gasteiger partial charge in [0, 0.05) is 14.6 Å². The van der Waals surface area contributed by atoms with Gasteiger partial charge in [0.25, 0.3) is 0 Å². The van der Waals surface area contributed by atoms with Crippen LogP contribution in [0.4, 0.5) is 0 Å². The zero-order chi connectivity index (χ0) is 9.14. The number of rotatable bonds is 2. The zero-order valence-corrected chi connectivity index (χ0v) is 10.1. The summed E-state index contributed by atoms with van der Waals surface area (Å²) >= 11 is 11.1. The van der Waals surface area contributed by atoms with Gasteiger partial charge in [0.1, 0.15) is 0 Å². The van der Waals surface area contributed by atoms with Crippen LogP contribution in [0.15, 0.2) is 27.6 Å². The second-order valence-electron chi connectivity index (χ2n) is 2.74. The van der Waals surface area contributed by atoms with Gasteiger partial charge in [-0.3, -0.25) is 0 Å². The van der Waals surface area contributed by atoms with Gasteiger partial charge in [0.15, 0.2) is 0 Å². The first-order valence-electron chi connectivity index (χ1n) is 3.71. The number of hydrogen-bond donors (Lipinski definition) is 0. The van der Waals surface area contributed by atoms with E-state index in [1.54, 1.807) is 0 Å². The summed E-state index contributed by atoms with van der Waals surface area (Å²) in [6.07, 6.45) is 0. The maximum absolute atomic E-state index is 5.86. The molecule has 0 aliphatic heterocycles. The third-order valence-electron chi connectivity index (χ3n) is 1.26. The first-order chi connectivity index (χ1) is 5.59. The highest BCUT2D eigenvalue weighted by molar-refractivity contribution is 9.10. The highest BCUT2D eigenvalue weighted by Crippen LogP contribution is 2.30. The fraction of sp³-hybridized carbons (Fsp3) is 0.333. The monoisotopic (exact) mass is 264 g/mol. The second-order valence-corrected chi connectivity index (χ2v) is 5.65. The van der Waals surface area contributed by atoms with Crippen LogP contribution in [0.5, 0.6) is 0 Å². The molecule has 12 heavy (non-hydrogen) atoms. The first kappa shape index (κ1) is 10.4. The van der Waals surface area contributed by atoms with E-state index in [0.717, 1.165) is 9.50 Å². The molecule has 1 rings (SSSR count). The van der Waals surface area contributed by atoms with Gasteiger partial charge in [-0.25, -0.2) is 0 Å². The van der Waals surface area contributed by atoms with Crippen molar-refractivity contribution in [2.75, 3.05) is 0 Å².